The molecule has 0 aliphatic heterocycles. The number of amides is 3. The van der Waals surface area contributed by atoms with E-state index in [4.69, 9.17) is 16.3 Å². The third-order valence-electron chi connectivity index (χ3n) is 7.45. The van der Waals surface area contributed by atoms with Crippen LogP contribution in [0.1, 0.15) is 55.5 Å². The van der Waals surface area contributed by atoms with Crippen molar-refractivity contribution in [2.75, 3.05) is 30.3 Å². The lowest BCUT2D eigenvalue weighted by Crippen LogP contribution is -2.46. The maximum Gasteiger partial charge on any atom is 0.422 e. The molecule has 2 aliphatic carbocycles. The van der Waals surface area contributed by atoms with Gasteiger partial charge in [-0.25, -0.2) is 0 Å². The van der Waals surface area contributed by atoms with Crippen molar-refractivity contribution in [3.05, 3.63) is 64.7 Å². The Hall–Kier alpha value is -4.66. The third-order valence-corrected chi connectivity index (χ3v) is 7.71. The Kier molecular flexibility index (Phi) is 9.75. The summed E-state index contributed by atoms with van der Waals surface area (Å²) in [6.07, 6.45) is -1.36. The molecule has 2 aliphatic rings. The number of carbonyl (C=O) groups excluding carboxylic acids is 3. The molecule has 2 saturated carbocycles. The molecule has 0 atom stereocenters. The van der Waals surface area contributed by atoms with E-state index in [-0.39, 0.29) is 36.9 Å². The van der Waals surface area contributed by atoms with Crippen LogP contribution in [0.3, 0.4) is 0 Å². The minimum Gasteiger partial charge on any atom is -0.454 e. The van der Waals surface area contributed by atoms with Crippen molar-refractivity contribution >= 4 is 46.9 Å². The van der Waals surface area contributed by atoms with Crippen LogP contribution in [0.15, 0.2) is 48.5 Å². The molecular weight excluding hydrogens is 641 g/mol. The first-order valence-corrected chi connectivity index (χ1v) is 15.3. The molecule has 5 rings (SSSR count). The molecule has 12 nitrogen and oxygen atoms in total. The summed E-state index contributed by atoms with van der Waals surface area (Å²) in [4.78, 5) is 49.1. The van der Waals surface area contributed by atoms with Crippen LogP contribution in [0.5, 0.6) is 6.01 Å². The van der Waals surface area contributed by atoms with Crippen molar-refractivity contribution in [2.24, 2.45) is 5.41 Å². The van der Waals surface area contributed by atoms with E-state index in [0.29, 0.717) is 16.3 Å². The van der Waals surface area contributed by atoms with Gasteiger partial charge in [0.05, 0.1) is 5.54 Å². The van der Waals surface area contributed by atoms with Crippen LogP contribution < -0.4 is 31.3 Å². The molecule has 2 aromatic carbocycles. The van der Waals surface area contributed by atoms with Crippen LogP contribution in [0.4, 0.5) is 30.8 Å². The molecule has 16 heteroatoms. The van der Waals surface area contributed by atoms with E-state index in [9.17, 15) is 27.6 Å². The predicted octanol–water partition coefficient (Wildman–Crippen LogP) is 4.46. The van der Waals surface area contributed by atoms with Gasteiger partial charge in [0, 0.05) is 35.4 Å². The topological polar surface area (TPSA) is 159 Å². The van der Waals surface area contributed by atoms with Gasteiger partial charge in [0.15, 0.2) is 6.61 Å². The van der Waals surface area contributed by atoms with Gasteiger partial charge in [0.25, 0.3) is 5.91 Å². The normalized spacial score (nSPS) is 15.3. The first-order chi connectivity index (χ1) is 22.2. The van der Waals surface area contributed by atoms with Gasteiger partial charge in [-0.05, 0) is 73.1 Å². The van der Waals surface area contributed by atoms with Crippen LogP contribution in [-0.2, 0) is 15.1 Å². The minimum atomic E-state index is -4.60. The molecule has 0 bridgehead atoms. The second-order valence-corrected chi connectivity index (χ2v) is 12.8. The summed E-state index contributed by atoms with van der Waals surface area (Å²) in [5.74, 6) is -1.80. The number of carbonyl (C=O) groups is 3. The summed E-state index contributed by atoms with van der Waals surface area (Å²) < 4.78 is 43.5. The fourth-order valence-corrected chi connectivity index (χ4v) is 4.60. The zero-order chi connectivity index (χ0) is 33.8. The molecule has 2 fully saturated rings. The molecule has 0 spiro atoms. The van der Waals surface area contributed by atoms with Crippen molar-refractivity contribution in [2.45, 2.75) is 57.3 Å². The van der Waals surface area contributed by atoms with Gasteiger partial charge in [-0.15, -0.1) is 0 Å². The second-order valence-electron chi connectivity index (χ2n) is 12.4. The highest BCUT2D eigenvalue weighted by atomic mass is 35.5. The van der Waals surface area contributed by atoms with Crippen molar-refractivity contribution < 1.29 is 32.3 Å². The number of benzene rings is 2. The summed E-state index contributed by atoms with van der Waals surface area (Å²) in [6, 6.07) is 13.0. The highest BCUT2D eigenvalue weighted by Crippen LogP contribution is 2.48. The van der Waals surface area contributed by atoms with E-state index in [2.05, 4.69) is 41.5 Å². The van der Waals surface area contributed by atoms with Crippen molar-refractivity contribution in [3.63, 3.8) is 0 Å². The molecule has 1 heterocycles. The first-order valence-electron chi connectivity index (χ1n) is 14.9. The second kappa shape index (κ2) is 13.6. The third kappa shape index (κ3) is 9.91. The molecule has 0 saturated heterocycles. The van der Waals surface area contributed by atoms with Crippen LogP contribution >= 0.6 is 11.6 Å². The van der Waals surface area contributed by atoms with Gasteiger partial charge in [-0.3, -0.25) is 14.4 Å². The molecule has 250 valence electrons. The maximum atomic E-state index is 12.9. The van der Waals surface area contributed by atoms with Crippen molar-refractivity contribution in [1.82, 2.24) is 30.9 Å². The summed E-state index contributed by atoms with van der Waals surface area (Å²) >= 11 is 6.02. The number of hydrogen-bond acceptors (Lipinski definition) is 9. The van der Waals surface area contributed by atoms with Crippen LogP contribution in [0.25, 0.3) is 0 Å². The Morgan fingerprint density at radius 3 is 2.15 bits per heavy atom. The molecule has 3 amide bonds. The number of nitrogens with zero attached hydrogens (tertiary/aromatic N) is 3. The smallest absolute Gasteiger partial charge is 0.422 e. The highest BCUT2D eigenvalue weighted by molar-refractivity contribution is 6.35. The van der Waals surface area contributed by atoms with Crippen LogP contribution in [0.2, 0.25) is 5.02 Å². The quantitative estimate of drug-likeness (QED) is 0.165. The molecule has 5 N–H and O–H groups in total. The number of halogens is 4. The fourth-order valence-electron chi connectivity index (χ4n) is 4.47. The number of nitrogens with one attached hydrogen (secondary N) is 5. The Morgan fingerprint density at radius 2 is 1.53 bits per heavy atom. The Morgan fingerprint density at radius 1 is 0.894 bits per heavy atom. The summed E-state index contributed by atoms with van der Waals surface area (Å²) in [7, 11) is 0. The molecule has 1 aromatic heterocycles. The SMILES string of the molecule is CC(C)(CNC(=O)C(=O)NC1CC1)CNC(=O)c1ccc(Nc2nc(NC3(c4ccc(Cl)cc4)CC3)nc(OCC(F)(F)F)n2)cc1. The zero-order valence-electron chi connectivity index (χ0n) is 25.6. The van der Waals surface area contributed by atoms with Gasteiger partial charge in [0.1, 0.15) is 0 Å². The van der Waals surface area contributed by atoms with E-state index >= 15 is 0 Å². The lowest BCUT2D eigenvalue weighted by Gasteiger charge is -2.25. The Bertz CT molecular complexity index is 1610. The van der Waals surface area contributed by atoms with E-state index in [1.165, 1.54) is 0 Å². The fraction of sp³-hybridized carbons (Fsp3) is 0.419. The number of ether oxygens (including phenoxy) is 1. The maximum absolute atomic E-state index is 12.9. The standard InChI is InChI=1S/C31H34ClF3N8O4/c1-29(2,16-37-24(45)25(46)38-21-11-12-21)15-36-23(44)18-3-9-22(10-4-18)39-26-40-27(42-28(41-26)47-17-31(33,34)35)43-30(13-14-30)19-5-7-20(32)8-6-19/h3-10,21H,11-17H2,1-2H3,(H,36,44)(H,37,45)(H,38,46)(H2,39,40,41,42,43). The summed E-state index contributed by atoms with van der Waals surface area (Å²) in [5, 5.41) is 14.7. The summed E-state index contributed by atoms with van der Waals surface area (Å²) in [6.45, 7) is 2.48. The van der Waals surface area contributed by atoms with Crippen molar-refractivity contribution in [3.8, 4) is 6.01 Å². The van der Waals surface area contributed by atoms with Gasteiger partial charge < -0.3 is 31.3 Å². The number of rotatable bonds is 13. The molecular formula is C31H34ClF3N8O4. The number of alkyl halides is 3. The monoisotopic (exact) mass is 674 g/mol. The van der Waals surface area contributed by atoms with Crippen LogP contribution in [0, 0.1) is 5.41 Å². The predicted molar refractivity (Wildman–Crippen MR) is 167 cm³/mol. The Balaban J connectivity index is 1.20. The van der Waals surface area contributed by atoms with Crippen LogP contribution in [-0.4, -0.2) is 64.6 Å². The van der Waals surface area contributed by atoms with E-state index < -0.39 is 41.6 Å². The van der Waals surface area contributed by atoms with E-state index in [0.717, 1.165) is 31.2 Å². The first kappa shape index (κ1) is 33.7. The average molecular weight is 675 g/mol. The minimum absolute atomic E-state index is 0.0190. The molecule has 3 aromatic rings. The molecule has 0 unspecified atom stereocenters. The largest absolute Gasteiger partial charge is 0.454 e. The number of anilines is 3. The lowest BCUT2D eigenvalue weighted by molar-refractivity contribution is -0.154. The Labute approximate surface area is 273 Å². The number of hydrogen-bond donors (Lipinski definition) is 5. The van der Waals surface area contributed by atoms with Gasteiger partial charge in [0.2, 0.25) is 11.9 Å². The summed E-state index contributed by atoms with van der Waals surface area (Å²) in [5.41, 5.74) is 0.657. The molecule has 0 radical (unpaired) electrons. The van der Waals surface area contributed by atoms with E-state index in [1.54, 1.807) is 36.4 Å². The van der Waals surface area contributed by atoms with Gasteiger partial charge in [-0.2, -0.15) is 28.1 Å². The lowest BCUT2D eigenvalue weighted by atomic mass is 9.93. The highest BCUT2D eigenvalue weighted by Gasteiger charge is 2.45. The van der Waals surface area contributed by atoms with Gasteiger partial charge in [-0.1, -0.05) is 37.6 Å². The van der Waals surface area contributed by atoms with Crippen molar-refractivity contribution in [1.29, 1.82) is 0 Å². The average Bonchev–Trinajstić information content (AvgIpc) is 3.96. The number of aromatic nitrogens is 3. The molecule has 47 heavy (non-hydrogen) atoms. The van der Waals surface area contributed by atoms with Gasteiger partial charge >= 0.3 is 24.0 Å². The van der Waals surface area contributed by atoms with E-state index in [1.807, 2.05) is 26.0 Å². The zero-order valence-corrected chi connectivity index (χ0v) is 26.4.